The van der Waals surface area contributed by atoms with Crippen LogP contribution in [0.2, 0.25) is 0 Å². The molecule has 0 unspecified atom stereocenters. The summed E-state index contributed by atoms with van der Waals surface area (Å²) in [5.74, 6) is 0.547. The first-order valence-electron chi connectivity index (χ1n) is 4.23. The van der Waals surface area contributed by atoms with Gasteiger partial charge in [-0.2, -0.15) is 0 Å². The Balaban J connectivity index is 2.31. The van der Waals surface area contributed by atoms with E-state index in [2.05, 4.69) is 5.32 Å². The van der Waals surface area contributed by atoms with E-state index in [1.54, 1.807) is 7.11 Å². The summed E-state index contributed by atoms with van der Waals surface area (Å²) < 4.78 is 5.28. The zero-order chi connectivity index (χ0) is 8.10. The first kappa shape index (κ1) is 8.97. The second-order valence-corrected chi connectivity index (χ2v) is 3.04. The van der Waals surface area contributed by atoms with Gasteiger partial charge >= 0.3 is 0 Å². The van der Waals surface area contributed by atoms with Crippen molar-refractivity contribution in [2.45, 2.75) is 18.9 Å². The van der Waals surface area contributed by atoms with E-state index < -0.39 is 0 Å². The molecule has 1 fully saturated rings. The van der Waals surface area contributed by atoms with E-state index in [0.717, 1.165) is 25.9 Å². The number of nitrogens with one attached hydrogen (secondary N) is 1. The summed E-state index contributed by atoms with van der Waals surface area (Å²) in [6, 6.07) is 0. The first-order valence-corrected chi connectivity index (χ1v) is 4.23. The number of hydrogen-bond donors (Lipinski definition) is 2. The molecule has 1 saturated heterocycles. The third-order valence-electron chi connectivity index (χ3n) is 2.37. The third kappa shape index (κ3) is 2.43. The van der Waals surface area contributed by atoms with Gasteiger partial charge in [-0.25, -0.2) is 0 Å². The van der Waals surface area contributed by atoms with Gasteiger partial charge in [0.15, 0.2) is 0 Å². The van der Waals surface area contributed by atoms with Crippen LogP contribution in [0.4, 0.5) is 0 Å². The fourth-order valence-corrected chi connectivity index (χ4v) is 1.66. The summed E-state index contributed by atoms with van der Waals surface area (Å²) in [6.45, 7) is 2.27. The number of ether oxygens (including phenoxy) is 1. The Hall–Kier alpha value is -0.120. The van der Waals surface area contributed by atoms with Crippen LogP contribution < -0.4 is 5.32 Å². The van der Waals surface area contributed by atoms with E-state index in [-0.39, 0.29) is 6.61 Å². The quantitative estimate of drug-likeness (QED) is 0.608. The Morgan fingerprint density at radius 2 is 2.45 bits per heavy atom. The lowest BCUT2D eigenvalue weighted by Gasteiger charge is -2.30. The minimum Gasteiger partial charge on any atom is -0.396 e. The highest BCUT2D eigenvalue weighted by Crippen LogP contribution is 2.18. The van der Waals surface area contributed by atoms with Crippen LogP contribution in [0.1, 0.15) is 12.8 Å². The predicted octanol–water partition coefficient (Wildman–Crippen LogP) is -0.00670. The van der Waals surface area contributed by atoms with Crippen molar-refractivity contribution in [1.82, 2.24) is 5.32 Å². The molecule has 0 spiro atoms. The fraction of sp³-hybridized carbons (Fsp3) is 1.00. The lowest BCUT2D eigenvalue weighted by atomic mass is 9.92. The monoisotopic (exact) mass is 159 g/mol. The van der Waals surface area contributed by atoms with Gasteiger partial charge in [-0.1, -0.05) is 0 Å². The second-order valence-electron chi connectivity index (χ2n) is 3.04. The molecule has 2 N–H and O–H groups in total. The minimum absolute atomic E-state index is 0.282. The summed E-state index contributed by atoms with van der Waals surface area (Å²) >= 11 is 0. The van der Waals surface area contributed by atoms with Gasteiger partial charge in [0.1, 0.15) is 0 Å². The predicted molar refractivity (Wildman–Crippen MR) is 43.5 cm³/mol. The summed E-state index contributed by atoms with van der Waals surface area (Å²) in [6.07, 6.45) is 2.30. The Morgan fingerprint density at radius 1 is 1.64 bits per heavy atom. The molecule has 0 radical (unpaired) electrons. The van der Waals surface area contributed by atoms with Gasteiger partial charge in [-0.05, 0) is 25.3 Å². The van der Waals surface area contributed by atoms with Crippen molar-refractivity contribution in [2.75, 3.05) is 26.8 Å². The number of aliphatic hydroxyl groups excluding tert-OH is 1. The van der Waals surface area contributed by atoms with Crippen LogP contribution in [0.25, 0.3) is 0 Å². The number of aliphatic hydroxyl groups is 1. The highest BCUT2D eigenvalue weighted by molar-refractivity contribution is 4.77. The maximum atomic E-state index is 8.76. The topological polar surface area (TPSA) is 41.5 Å². The normalized spacial score (nSPS) is 32.2. The van der Waals surface area contributed by atoms with E-state index in [0.29, 0.717) is 12.0 Å². The van der Waals surface area contributed by atoms with E-state index in [1.165, 1.54) is 0 Å². The smallest absolute Gasteiger partial charge is 0.0725 e. The molecule has 0 bridgehead atoms. The van der Waals surface area contributed by atoms with Crippen molar-refractivity contribution in [1.29, 1.82) is 0 Å². The van der Waals surface area contributed by atoms with E-state index in [4.69, 9.17) is 9.84 Å². The average Bonchev–Trinajstić information content (AvgIpc) is 2.06. The molecular weight excluding hydrogens is 142 g/mol. The Bertz CT molecular complexity index is 106. The van der Waals surface area contributed by atoms with Crippen molar-refractivity contribution in [3.05, 3.63) is 0 Å². The Labute approximate surface area is 67.7 Å². The van der Waals surface area contributed by atoms with Crippen LogP contribution in [0, 0.1) is 5.92 Å². The summed E-state index contributed by atoms with van der Waals surface area (Å²) in [5.41, 5.74) is 0. The minimum atomic E-state index is 0.282. The van der Waals surface area contributed by atoms with Crippen LogP contribution >= 0.6 is 0 Å². The van der Waals surface area contributed by atoms with Crippen molar-refractivity contribution in [3.63, 3.8) is 0 Å². The van der Waals surface area contributed by atoms with E-state index >= 15 is 0 Å². The summed E-state index contributed by atoms with van der Waals surface area (Å²) in [4.78, 5) is 0. The van der Waals surface area contributed by atoms with Crippen molar-refractivity contribution in [2.24, 2.45) is 5.92 Å². The van der Waals surface area contributed by atoms with Crippen LogP contribution in [-0.4, -0.2) is 38.0 Å². The lowest BCUT2D eigenvalue weighted by Crippen LogP contribution is -2.41. The molecule has 1 aliphatic rings. The zero-order valence-electron chi connectivity index (χ0n) is 7.05. The second kappa shape index (κ2) is 4.70. The van der Waals surface area contributed by atoms with Crippen LogP contribution in [0.5, 0.6) is 0 Å². The number of piperidine rings is 1. The first-order chi connectivity index (χ1) is 5.38. The molecule has 1 aliphatic heterocycles. The summed E-state index contributed by atoms with van der Waals surface area (Å²) in [7, 11) is 1.74. The van der Waals surface area contributed by atoms with Gasteiger partial charge in [-0.15, -0.1) is 0 Å². The van der Waals surface area contributed by atoms with Crippen LogP contribution in [0.3, 0.4) is 0 Å². The molecular formula is C8H17NO2. The van der Waals surface area contributed by atoms with Gasteiger partial charge in [-0.3, -0.25) is 0 Å². The SMILES string of the molecule is CO[C@H]1CNCC[C@H]1CCO. The third-order valence-corrected chi connectivity index (χ3v) is 2.37. The molecule has 11 heavy (non-hydrogen) atoms. The molecule has 3 nitrogen and oxygen atoms in total. The molecule has 2 atom stereocenters. The summed E-state index contributed by atoms with van der Waals surface area (Å²) in [5, 5.41) is 12.0. The molecule has 1 heterocycles. The van der Waals surface area contributed by atoms with Crippen molar-refractivity contribution in [3.8, 4) is 0 Å². The molecule has 0 aliphatic carbocycles. The maximum Gasteiger partial charge on any atom is 0.0725 e. The van der Waals surface area contributed by atoms with Gasteiger partial charge in [0.25, 0.3) is 0 Å². The van der Waals surface area contributed by atoms with Crippen molar-refractivity contribution < 1.29 is 9.84 Å². The van der Waals surface area contributed by atoms with Crippen LogP contribution in [-0.2, 0) is 4.74 Å². The molecule has 3 heteroatoms. The van der Waals surface area contributed by atoms with E-state index in [9.17, 15) is 0 Å². The van der Waals surface area contributed by atoms with E-state index in [1.807, 2.05) is 0 Å². The largest absolute Gasteiger partial charge is 0.396 e. The fourth-order valence-electron chi connectivity index (χ4n) is 1.66. The molecule has 0 aromatic rings. The molecule has 0 saturated carbocycles. The maximum absolute atomic E-state index is 8.76. The molecule has 66 valence electrons. The molecule has 0 amide bonds. The molecule has 0 aromatic heterocycles. The van der Waals surface area contributed by atoms with Crippen LogP contribution in [0.15, 0.2) is 0 Å². The molecule has 1 rings (SSSR count). The Morgan fingerprint density at radius 3 is 3.09 bits per heavy atom. The number of methoxy groups -OCH3 is 1. The standard InChI is InChI=1S/C8H17NO2/c1-11-8-6-9-4-2-7(8)3-5-10/h7-10H,2-6H2,1H3/t7-,8-/m0/s1. The van der Waals surface area contributed by atoms with Gasteiger partial charge < -0.3 is 15.2 Å². The zero-order valence-corrected chi connectivity index (χ0v) is 7.05. The van der Waals surface area contributed by atoms with Gasteiger partial charge in [0.05, 0.1) is 6.10 Å². The van der Waals surface area contributed by atoms with Crippen molar-refractivity contribution >= 4 is 0 Å². The van der Waals surface area contributed by atoms with Gasteiger partial charge in [0.2, 0.25) is 0 Å². The molecule has 0 aromatic carbocycles. The Kier molecular flexibility index (Phi) is 3.83. The number of rotatable bonds is 3. The highest BCUT2D eigenvalue weighted by atomic mass is 16.5. The average molecular weight is 159 g/mol. The number of hydrogen-bond acceptors (Lipinski definition) is 3. The van der Waals surface area contributed by atoms with Gasteiger partial charge in [0, 0.05) is 20.3 Å². The highest BCUT2D eigenvalue weighted by Gasteiger charge is 2.23. The lowest BCUT2D eigenvalue weighted by molar-refractivity contribution is 0.0239.